The molecule has 0 amide bonds. The highest BCUT2D eigenvalue weighted by Gasteiger charge is 2.49. The lowest BCUT2D eigenvalue weighted by Crippen LogP contribution is -2.19. The lowest BCUT2D eigenvalue weighted by Gasteiger charge is -2.08. The van der Waals surface area contributed by atoms with Crippen molar-refractivity contribution < 1.29 is 21.6 Å². The number of hydrogen-bond acceptors (Lipinski definition) is 2. The van der Waals surface area contributed by atoms with E-state index in [9.17, 15) is 21.6 Å². The summed E-state index contributed by atoms with van der Waals surface area (Å²) >= 11 is 3.16. The SMILES string of the molecule is O=S(=O)(c1ccc(Br)cc1)N1CC1CC(F)(F)F. The molecule has 3 nitrogen and oxygen atoms in total. The fourth-order valence-electron chi connectivity index (χ4n) is 1.63. The third kappa shape index (κ3) is 3.04. The van der Waals surface area contributed by atoms with E-state index in [4.69, 9.17) is 0 Å². The van der Waals surface area contributed by atoms with Crippen LogP contribution >= 0.6 is 15.9 Å². The van der Waals surface area contributed by atoms with Gasteiger partial charge < -0.3 is 0 Å². The van der Waals surface area contributed by atoms with E-state index < -0.39 is 28.7 Å². The van der Waals surface area contributed by atoms with Gasteiger partial charge in [-0.3, -0.25) is 0 Å². The van der Waals surface area contributed by atoms with E-state index in [2.05, 4.69) is 15.9 Å². The van der Waals surface area contributed by atoms with E-state index in [0.717, 1.165) is 4.31 Å². The molecular formula is C10H9BrF3NO2S. The zero-order chi connectivity index (χ0) is 13.6. The van der Waals surface area contributed by atoms with Gasteiger partial charge >= 0.3 is 6.18 Å². The van der Waals surface area contributed by atoms with Crippen LogP contribution in [0.3, 0.4) is 0 Å². The minimum absolute atomic E-state index is 0.00961. The zero-order valence-electron chi connectivity index (χ0n) is 8.98. The molecule has 0 N–H and O–H groups in total. The Morgan fingerprint density at radius 3 is 2.33 bits per heavy atom. The van der Waals surface area contributed by atoms with E-state index in [0.29, 0.717) is 4.47 Å². The first-order valence-corrected chi connectivity index (χ1v) is 7.27. The maximum Gasteiger partial charge on any atom is 0.390 e. The first kappa shape index (κ1) is 13.8. The maximum atomic E-state index is 12.1. The Hall–Kier alpha value is -0.600. The fraction of sp³-hybridized carbons (Fsp3) is 0.400. The number of sulfonamides is 1. The summed E-state index contributed by atoms with van der Waals surface area (Å²) in [6.45, 7) is -0.0715. The Morgan fingerprint density at radius 2 is 1.83 bits per heavy atom. The maximum absolute atomic E-state index is 12.1. The molecule has 1 aromatic rings. The van der Waals surface area contributed by atoms with Crippen LogP contribution in [0.4, 0.5) is 13.2 Å². The van der Waals surface area contributed by atoms with Crippen LogP contribution in [-0.2, 0) is 10.0 Å². The van der Waals surface area contributed by atoms with Gasteiger partial charge in [0.1, 0.15) is 0 Å². The summed E-state index contributed by atoms with van der Waals surface area (Å²) in [5.74, 6) is 0. The third-order valence-electron chi connectivity index (χ3n) is 2.55. The Labute approximate surface area is 111 Å². The molecule has 1 saturated heterocycles. The number of alkyl halides is 3. The van der Waals surface area contributed by atoms with Gasteiger partial charge in [-0.1, -0.05) is 15.9 Å². The van der Waals surface area contributed by atoms with Crippen molar-refractivity contribution in [1.82, 2.24) is 4.31 Å². The lowest BCUT2D eigenvalue weighted by molar-refractivity contribution is -0.134. The molecule has 1 aromatic carbocycles. The highest BCUT2D eigenvalue weighted by Crippen LogP contribution is 2.36. The average Bonchev–Trinajstić information content (AvgIpc) is 2.95. The topological polar surface area (TPSA) is 37.1 Å². The van der Waals surface area contributed by atoms with Crippen LogP contribution in [0.5, 0.6) is 0 Å². The predicted molar refractivity (Wildman–Crippen MR) is 62.5 cm³/mol. The summed E-state index contributed by atoms with van der Waals surface area (Å²) in [4.78, 5) is 0.00961. The molecule has 0 aliphatic carbocycles. The summed E-state index contributed by atoms with van der Waals surface area (Å²) in [6.07, 6.45) is -5.43. The van der Waals surface area contributed by atoms with E-state index in [-0.39, 0.29) is 11.4 Å². The van der Waals surface area contributed by atoms with Crippen LogP contribution in [0.25, 0.3) is 0 Å². The molecule has 1 fully saturated rings. The van der Waals surface area contributed by atoms with Gasteiger partial charge in [0.15, 0.2) is 0 Å². The van der Waals surface area contributed by atoms with Crippen LogP contribution in [0.2, 0.25) is 0 Å². The van der Waals surface area contributed by atoms with Crippen molar-refractivity contribution in [3.05, 3.63) is 28.7 Å². The second-order valence-electron chi connectivity index (χ2n) is 4.00. The van der Waals surface area contributed by atoms with Crippen molar-refractivity contribution in [3.63, 3.8) is 0 Å². The predicted octanol–water partition coefficient (Wildman–Crippen LogP) is 2.77. The number of rotatable bonds is 3. The lowest BCUT2D eigenvalue weighted by atomic mass is 10.3. The smallest absolute Gasteiger partial charge is 0.207 e. The second kappa shape index (κ2) is 4.50. The third-order valence-corrected chi connectivity index (χ3v) is 5.01. The molecule has 100 valence electrons. The summed E-state index contributed by atoms with van der Waals surface area (Å²) in [7, 11) is -3.79. The molecule has 18 heavy (non-hydrogen) atoms. The zero-order valence-corrected chi connectivity index (χ0v) is 11.4. The van der Waals surface area contributed by atoms with Crippen LogP contribution < -0.4 is 0 Å². The van der Waals surface area contributed by atoms with Crippen molar-refractivity contribution in [2.45, 2.75) is 23.5 Å². The van der Waals surface area contributed by atoms with Gasteiger partial charge in [0.25, 0.3) is 0 Å². The normalized spacial score (nSPS) is 24.0. The van der Waals surface area contributed by atoms with Crippen LogP contribution in [0.1, 0.15) is 6.42 Å². The van der Waals surface area contributed by atoms with Gasteiger partial charge in [0, 0.05) is 17.1 Å². The summed E-state index contributed by atoms with van der Waals surface area (Å²) in [5.41, 5.74) is 0. The molecule has 0 bridgehead atoms. The minimum atomic E-state index is -4.34. The van der Waals surface area contributed by atoms with E-state index in [1.807, 2.05) is 0 Å². The standard InChI is InChI=1S/C10H9BrF3NO2S/c11-7-1-3-9(4-2-7)18(16,17)15-6-8(15)5-10(12,13)14/h1-4,8H,5-6H2. The highest BCUT2D eigenvalue weighted by molar-refractivity contribution is 9.10. The molecule has 0 radical (unpaired) electrons. The summed E-state index contributed by atoms with van der Waals surface area (Å²) in [6, 6.07) is 4.84. The summed E-state index contributed by atoms with van der Waals surface area (Å²) in [5, 5.41) is 0. The van der Waals surface area contributed by atoms with Gasteiger partial charge in [0.05, 0.1) is 11.3 Å². The first-order valence-electron chi connectivity index (χ1n) is 5.04. The minimum Gasteiger partial charge on any atom is -0.207 e. The molecule has 0 spiro atoms. The van der Waals surface area contributed by atoms with Crippen molar-refractivity contribution >= 4 is 26.0 Å². The van der Waals surface area contributed by atoms with Gasteiger partial charge in [-0.15, -0.1) is 0 Å². The van der Waals surface area contributed by atoms with Gasteiger partial charge in [0.2, 0.25) is 10.0 Å². The molecule has 1 aliphatic heterocycles. The Morgan fingerprint density at radius 1 is 1.28 bits per heavy atom. The van der Waals surface area contributed by atoms with E-state index >= 15 is 0 Å². The number of hydrogen-bond donors (Lipinski definition) is 0. The average molecular weight is 344 g/mol. The van der Waals surface area contributed by atoms with Crippen LogP contribution in [0.15, 0.2) is 33.6 Å². The monoisotopic (exact) mass is 343 g/mol. The fourth-order valence-corrected chi connectivity index (χ4v) is 3.48. The number of halogens is 4. The van der Waals surface area contributed by atoms with Crippen LogP contribution in [-0.4, -0.2) is 31.5 Å². The van der Waals surface area contributed by atoms with Crippen LogP contribution in [0, 0.1) is 0 Å². The van der Waals surface area contributed by atoms with E-state index in [1.165, 1.54) is 24.3 Å². The van der Waals surface area contributed by atoms with Crippen molar-refractivity contribution in [2.24, 2.45) is 0 Å². The van der Waals surface area contributed by atoms with Crippen molar-refractivity contribution in [3.8, 4) is 0 Å². The molecule has 0 aromatic heterocycles. The molecule has 8 heteroatoms. The molecule has 2 rings (SSSR count). The van der Waals surface area contributed by atoms with Gasteiger partial charge in [-0.25, -0.2) is 8.42 Å². The second-order valence-corrected chi connectivity index (χ2v) is 6.81. The molecule has 2 unspecified atom stereocenters. The Balaban J connectivity index is 2.13. The molecular weight excluding hydrogens is 335 g/mol. The molecule has 1 aliphatic rings. The molecule has 1 heterocycles. The quantitative estimate of drug-likeness (QED) is 0.791. The Kier molecular flexibility index (Phi) is 3.46. The number of benzene rings is 1. The van der Waals surface area contributed by atoms with Crippen molar-refractivity contribution in [2.75, 3.05) is 6.54 Å². The molecule has 2 atom stereocenters. The first-order chi connectivity index (χ1) is 8.20. The number of nitrogens with zero attached hydrogens (tertiary/aromatic N) is 1. The van der Waals surface area contributed by atoms with Crippen molar-refractivity contribution in [1.29, 1.82) is 0 Å². The Bertz CT molecular complexity index is 541. The largest absolute Gasteiger partial charge is 0.390 e. The highest BCUT2D eigenvalue weighted by atomic mass is 79.9. The molecule has 0 saturated carbocycles. The summed E-state index contributed by atoms with van der Waals surface area (Å²) < 4.78 is 61.9. The van der Waals surface area contributed by atoms with Gasteiger partial charge in [-0.2, -0.15) is 17.5 Å². The van der Waals surface area contributed by atoms with E-state index in [1.54, 1.807) is 0 Å². The van der Waals surface area contributed by atoms with Gasteiger partial charge in [-0.05, 0) is 24.3 Å².